The maximum Gasteiger partial charge on any atom is 0.137 e. The lowest BCUT2D eigenvalue weighted by Crippen LogP contribution is -3.09. The molecule has 2 N–H and O–H groups in total. The van der Waals surface area contributed by atoms with E-state index in [1.165, 1.54) is 10.5 Å². The molecule has 0 radical (unpaired) electrons. The molecular weight excluding hydrogens is 350 g/mol. The molecule has 0 aliphatic heterocycles. The summed E-state index contributed by atoms with van der Waals surface area (Å²) in [5.74, 6) is 1.65. The minimum absolute atomic E-state index is 0.277. The molecule has 3 rings (SSSR count). The smallest absolute Gasteiger partial charge is 0.137 e. The number of nitrogens with one attached hydrogen (secondary N) is 1. The second-order valence-electron chi connectivity index (χ2n) is 7.02. The number of hydrogen-bond donors (Lipinski definition) is 2. The van der Waals surface area contributed by atoms with Crippen molar-refractivity contribution in [2.24, 2.45) is 0 Å². The highest BCUT2D eigenvalue weighted by Crippen LogP contribution is 2.25. The number of fused-ring (bicyclic) bond motifs is 1. The minimum atomic E-state index is -0.533. The largest absolute Gasteiger partial charge is 0.490 e. The molecule has 28 heavy (non-hydrogen) atoms. The van der Waals surface area contributed by atoms with Gasteiger partial charge in [-0.3, -0.25) is 0 Å². The van der Waals surface area contributed by atoms with Gasteiger partial charge in [-0.15, -0.1) is 0 Å². The number of quaternary nitrogens is 1. The van der Waals surface area contributed by atoms with Gasteiger partial charge < -0.3 is 19.5 Å². The Morgan fingerprint density at radius 1 is 1.00 bits per heavy atom. The van der Waals surface area contributed by atoms with Crippen LogP contribution in [0.5, 0.6) is 11.5 Å². The maximum atomic E-state index is 10.4. The van der Waals surface area contributed by atoms with E-state index in [1.807, 2.05) is 42.5 Å². The van der Waals surface area contributed by atoms with Crippen molar-refractivity contribution < 1.29 is 19.5 Å². The second-order valence-corrected chi connectivity index (χ2v) is 7.02. The molecule has 3 aromatic carbocycles. The molecule has 3 aromatic rings. The summed E-state index contributed by atoms with van der Waals surface area (Å²) < 4.78 is 11.4. The second kappa shape index (κ2) is 9.93. The van der Waals surface area contributed by atoms with Crippen LogP contribution in [0.3, 0.4) is 0 Å². The van der Waals surface area contributed by atoms with Crippen LogP contribution in [0.2, 0.25) is 0 Å². The van der Waals surface area contributed by atoms with Gasteiger partial charge in [-0.2, -0.15) is 0 Å². The van der Waals surface area contributed by atoms with Crippen molar-refractivity contribution in [2.75, 3.05) is 26.8 Å². The van der Waals surface area contributed by atoms with Crippen molar-refractivity contribution >= 4 is 10.8 Å². The van der Waals surface area contributed by atoms with Crippen LogP contribution in [0.25, 0.3) is 10.8 Å². The lowest BCUT2D eigenvalue weighted by atomic mass is 10.1. The Balaban J connectivity index is 1.48. The average molecular weight is 378 g/mol. The molecule has 4 heteroatoms. The fourth-order valence-electron chi connectivity index (χ4n) is 3.25. The Labute approximate surface area is 166 Å². The van der Waals surface area contributed by atoms with E-state index in [0.717, 1.165) is 28.8 Å². The molecule has 2 atom stereocenters. The molecule has 0 aliphatic rings. The van der Waals surface area contributed by atoms with E-state index >= 15 is 0 Å². The van der Waals surface area contributed by atoms with Crippen molar-refractivity contribution in [1.29, 1.82) is 0 Å². The van der Waals surface area contributed by atoms with Gasteiger partial charge in [0.05, 0.1) is 7.05 Å². The van der Waals surface area contributed by atoms with Crippen molar-refractivity contribution in [3.8, 4) is 11.5 Å². The number of likely N-dealkylation sites (N-methyl/N-ethyl adjacent to an activating group) is 1. The first-order valence-corrected chi connectivity index (χ1v) is 9.58. The van der Waals surface area contributed by atoms with E-state index < -0.39 is 6.10 Å². The normalized spacial score (nSPS) is 13.1. The molecule has 0 saturated heterocycles. The lowest BCUT2D eigenvalue weighted by molar-refractivity contribution is -0.897. The molecule has 0 heterocycles. The van der Waals surface area contributed by atoms with Gasteiger partial charge in [0.2, 0.25) is 0 Å². The Bertz CT molecular complexity index is 887. The first-order chi connectivity index (χ1) is 13.7. The molecule has 146 valence electrons. The van der Waals surface area contributed by atoms with Gasteiger partial charge in [0, 0.05) is 10.9 Å². The number of aliphatic hydroxyl groups is 1. The van der Waals surface area contributed by atoms with Crippen LogP contribution < -0.4 is 14.4 Å². The predicted molar refractivity (Wildman–Crippen MR) is 113 cm³/mol. The molecule has 0 aliphatic carbocycles. The fourth-order valence-corrected chi connectivity index (χ4v) is 3.25. The maximum absolute atomic E-state index is 10.4. The van der Waals surface area contributed by atoms with E-state index in [0.29, 0.717) is 13.2 Å². The zero-order chi connectivity index (χ0) is 19.8. The predicted octanol–water partition coefficient (Wildman–Crippen LogP) is 2.86. The summed E-state index contributed by atoms with van der Waals surface area (Å²) in [4.78, 5) is 1.22. The van der Waals surface area contributed by atoms with Crippen molar-refractivity contribution in [3.05, 3.63) is 84.9 Å². The quantitative estimate of drug-likeness (QED) is 0.533. The SMILES string of the molecule is C=CCOc1ccc(C[NH+](C)C[C@@H](O)COc2cccc3ccccc23)cc1. The Hall–Kier alpha value is -2.82. The minimum Gasteiger partial charge on any atom is -0.490 e. The van der Waals surface area contributed by atoms with Gasteiger partial charge in [-0.05, 0) is 35.7 Å². The number of benzene rings is 3. The molecule has 0 bridgehead atoms. The topological polar surface area (TPSA) is 43.1 Å². The summed E-state index contributed by atoms with van der Waals surface area (Å²) in [6, 6.07) is 22.1. The Morgan fingerprint density at radius 3 is 2.54 bits per heavy atom. The molecule has 0 spiro atoms. The van der Waals surface area contributed by atoms with E-state index in [1.54, 1.807) is 6.08 Å². The molecule has 0 saturated carbocycles. The summed E-state index contributed by atoms with van der Waals surface area (Å²) in [6.45, 7) is 5.87. The average Bonchev–Trinajstić information content (AvgIpc) is 2.71. The third-order valence-corrected chi connectivity index (χ3v) is 4.56. The Kier molecular flexibility index (Phi) is 7.06. The molecule has 4 nitrogen and oxygen atoms in total. The highest BCUT2D eigenvalue weighted by molar-refractivity contribution is 5.88. The van der Waals surface area contributed by atoms with Gasteiger partial charge in [0.25, 0.3) is 0 Å². The summed E-state index contributed by atoms with van der Waals surface area (Å²) >= 11 is 0. The summed E-state index contributed by atoms with van der Waals surface area (Å²) in [7, 11) is 2.07. The first-order valence-electron chi connectivity index (χ1n) is 9.58. The zero-order valence-electron chi connectivity index (χ0n) is 16.3. The van der Waals surface area contributed by atoms with E-state index in [-0.39, 0.29) is 6.61 Å². The van der Waals surface area contributed by atoms with Crippen LogP contribution in [-0.4, -0.2) is 38.0 Å². The van der Waals surface area contributed by atoms with Gasteiger partial charge in [-0.25, -0.2) is 0 Å². The van der Waals surface area contributed by atoms with Crippen molar-refractivity contribution in [3.63, 3.8) is 0 Å². The lowest BCUT2D eigenvalue weighted by Gasteiger charge is -2.19. The van der Waals surface area contributed by atoms with Crippen LogP contribution in [-0.2, 0) is 6.54 Å². The van der Waals surface area contributed by atoms with Crippen LogP contribution in [0, 0.1) is 0 Å². The number of ether oxygens (including phenoxy) is 2. The Morgan fingerprint density at radius 2 is 1.75 bits per heavy atom. The van der Waals surface area contributed by atoms with Crippen molar-refractivity contribution in [2.45, 2.75) is 12.6 Å². The first kappa shape index (κ1) is 19.9. The van der Waals surface area contributed by atoms with Gasteiger partial charge in [0.15, 0.2) is 0 Å². The number of rotatable bonds is 10. The third-order valence-electron chi connectivity index (χ3n) is 4.56. The standard InChI is InChI=1S/C24H27NO3/c1-3-15-27-22-13-11-19(12-14-22)16-25(2)17-21(26)18-28-24-10-6-8-20-7-4-5-9-23(20)24/h3-14,21,26H,1,15-18H2,2H3/p+1/t21-/m1/s1. The molecular formula is C24H28NO3+. The monoisotopic (exact) mass is 378 g/mol. The molecule has 0 fully saturated rings. The van der Waals surface area contributed by atoms with Crippen LogP contribution in [0.15, 0.2) is 79.4 Å². The van der Waals surface area contributed by atoms with Crippen LogP contribution >= 0.6 is 0 Å². The summed E-state index contributed by atoms with van der Waals surface area (Å²) in [5, 5.41) is 12.6. The fraction of sp³-hybridized carbons (Fsp3) is 0.250. The van der Waals surface area contributed by atoms with Crippen molar-refractivity contribution in [1.82, 2.24) is 0 Å². The third kappa shape index (κ3) is 5.59. The van der Waals surface area contributed by atoms with E-state index in [9.17, 15) is 5.11 Å². The number of hydrogen-bond acceptors (Lipinski definition) is 3. The summed E-state index contributed by atoms with van der Waals surface area (Å²) in [6.07, 6.45) is 1.20. The van der Waals surface area contributed by atoms with Gasteiger partial charge in [-0.1, -0.05) is 49.1 Å². The summed E-state index contributed by atoms with van der Waals surface area (Å²) in [5.41, 5.74) is 1.20. The van der Waals surface area contributed by atoms with Gasteiger partial charge in [0.1, 0.15) is 43.9 Å². The van der Waals surface area contributed by atoms with E-state index in [4.69, 9.17) is 9.47 Å². The highest BCUT2D eigenvalue weighted by Gasteiger charge is 2.13. The van der Waals surface area contributed by atoms with Crippen LogP contribution in [0.1, 0.15) is 5.56 Å². The van der Waals surface area contributed by atoms with E-state index in [2.05, 4.69) is 37.9 Å². The number of aliphatic hydroxyl groups excluding tert-OH is 1. The van der Waals surface area contributed by atoms with Crippen LogP contribution in [0.4, 0.5) is 0 Å². The molecule has 0 aromatic heterocycles. The zero-order valence-corrected chi connectivity index (χ0v) is 16.3. The molecule has 0 amide bonds. The highest BCUT2D eigenvalue weighted by atomic mass is 16.5. The molecule has 1 unspecified atom stereocenters. The van der Waals surface area contributed by atoms with Gasteiger partial charge >= 0.3 is 0 Å².